The molecule has 0 saturated carbocycles. The van der Waals surface area contributed by atoms with Gasteiger partial charge in [0.25, 0.3) is 5.91 Å². The molecule has 26 heavy (non-hydrogen) atoms. The highest BCUT2D eigenvalue weighted by atomic mass is 16.5. The highest BCUT2D eigenvalue weighted by molar-refractivity contribution is 6.08. The molecule has 1 N–H and O–H groups in total. The van der Waals surface area contributed by atoms with Gasteiger partial charge in [-0.05, 0) is 37.0 Å². The lowest BCUT2D eigenvalue weighted by atomic mass is 10.00. The van der Waals surface area contributed by atoms with Crippen molar-refractivity contribution in [1.82, 2.24) is 4.98 Å². The maximum atomic E-state index is 12.7. The van der Waals surface area contributed by atoms with Crippen molar-refractivity contribution in [3.8, 4) is 0 Å². The number of nitrogens with one attached hydrogen (secondary N) is 1. The third kappa shape index (κ3) is 4.02. The molecule has 6 heteroatoms. The maximum absolute atomic E-state index is 12.7. The number of hydrogen-bond acceptors (Lipinski definition) is 5. The number of ether oxygens (including phenoxy) is 1. The fourth-order valence-corrected chi connectivity index (χ4v) is 3.22. The van der Waals surface area contributed by atoms with Crippen LogP contribution in [0.1, 0.15) is 40.5 Å². The molecule has 1 aromatic carbocycles. The third-order valence-electron chi connectivity index (χ3n) is 4.59. The van der Waals surface area contributed by atoms with Gasteiger partial charge in [0, 0.05) is 19.3 Å². The summed E-state index contributed by atoms with van der Waals surface area (Å²) in [5.41, 5.74) is 2.14. The molecule has 1 aliphatic heterocycles. The molecule has 1 aromatic heterocycles. The minimum atomic E-state index is -0.491. The molecule has 2 aromatic rings. The number of carbonyl (C=O) groups is 2. The van der Waals surface area contributed by atoms with Gasteiger partial charge in [0.2, 0.25) is 0 Å². The molecule has 0 bridgehead atoms. The van der Waals surface area contributed by atoms with E-state index in [9.17, 15) is 9.59 Å². The average Bonchev–Trinajstić information content (AvgIpc) is 2.68. The highest BCUT2D eigenvalue weighted by Gasteiger charge is 2.19. The van der Waals surface area contributed by atoms with Gasteiger partial charge in [-0.25, -0.2) is 4.79 Å². The van der Waals surface area contributed by atoms with Crippen LogP contribution >= 0.6 is 0 Å². The number of amides is 1. The first kappa shape index (κ1) is 17.9. The number of rotatable bonds is 4. The lowest BCUT2D eigenvalue weighted by molar-refractivity contribution is 0.0602. The summed E-state index contributed by atoms with van der Waals surface area (Å²) >= 11 is 0. The number of nitrogens with zero attached hydrogens (tertiary/aromatic N) is 2. The van der Waals surface area contributed by atoms with Gasteiger partial charge in [-0.15, -0.1) is 0 Å². The second kappa shape index (κ2) is 7.99. The minimum Gasteiger partial charge on any atom is -0.465 e. The van der Waals surface area contributed by atoms with Gasteiger partial charge >= 0.3 is 5.97 Å². The summed E-state index contributed by atoms with van der Waals surface area (Å²) in [7, 11) is 1.31. The lowest BCUT2D eigenvalue weighted by Crippen LogP contribution is -2.34. The van der Waals surface area contributed by atoms with Gasteiger partial charge in [-0.1, -0.05) is 19.1 Å². The molecule has 1 fully saturated rings. The van der Waals surface area contributed by atoms with E-state index in [4.69, 9.17) is 4.74 Å². The molecular formula is C20H23N3O3. The zero-order valence-electron chi connectivity index (χ0n) is 15.1. The zero-order chi connectivity index (χ0) is 18.5. The first-order valence-corrected chi connectivity index (χ1v) is 8.77. The fraction of sp³-hybridized carbons (Fsp3) is 0.350. The van der Waals surface area contributed by atoms with Gasteiger partial charge in [0.15, 0.2) is 0 Å². The molecule has 3 rings (SSSR count). The molecule has 0 aliphatic carbocycles. The topological polar surface area (TPSA) is 71.5 Å². The largest absolute Gasteiger partial charge is 0.465 e. The van der Waals surface area contributed by atoms with Crippen LogP contribution in [0.25, 0.3) is 0 Å². The highest BCUT2D eigenvalue weighted by Crippen LogP contribution is 2.23. The normalized spacial score (nSPS) is 16.8. The number of pyridine rings is 1. The summed E-state index contributed by atoms with van der Waals surface area (Å²) in [6.07, 6.45) is 5.70. The second-order valence-corrected chi connectivity index (χ2v) is 6.62. The number of aromatic nitrogens is 1. The van der Waals surface area contributed by atoms with E-state index in [1.165, 1.54) is 19.7 Å². The number of benzene rings is 1. The van der Waals surface area contributed by atoms with E-state index in [2.05, 4.69) is 22.1 Å². The van der Waals surface area contributed by atoms with Crippen LogP contribution in [0.3, 0.4) is 0 Å². The zero-order valence-corrected chi connectivity index (χ0v) is 15.1. The Kier molecular flexibility index (Phi) is 5.51. The van der Waals surface area contributed by atoms with Crippen molar-refractivity contribution in [2.75, 3.05) is 30.4 Å². The van der Waals surface area contributed by atoms with Crippen LogP contribution in [0.15, 0.2) is 42.7 Å². The molecule has 1 atom stereocenters. The van der Waals surface area contributed by atoms with E-state index in [1.54, 1.807) is 30.5 Å². The maximum Gasteiger partial charge on any atom is 0.339 e. The number of para-hydroxylation sites is 1. The number of piperidine rings is 1. The van der Waals surface area contributed by atoms with Crippen molar-refractivity contribution < 1.29 is 14.3 Å². The summed E-state index contributed by atoms with van der Waals surface area (Å²) in [4.78, 5) is 31.0. The Hall–Kier alpha value is -2.89. The molecule has 0 radical (unpaired) electrons. The van der Waals surface area contributed by atoms with Gasteiger partial charge in [0.1, 0.15) is 0 Å². The summed E-state index contributed by atoms with van der Waals surface area (Å²) in [6, 6.07) is 8.62. The molecule has 0 spiro atoms. The van der Waals surface area contributed by atoms with E-state index >= 15 is 0 Å². The number of carbonyl (C=O) groups excluding carboxylic acids is 2. The molecule has 1 amide bonds. The van der Waals surface area contributed by atoms with Gasteiger partial charge in [-0.3, -0.25) is 9.78 Å². The van der Waals surface area contributed by atoms with Crippen molar-refractivity contribution in [2.24, 2.45) is 5.92 Å². The van der Waals surface area contributed by atoms with E-state index in [0.29, 0.717) is 22.7 Å². The molecular weight excluding hydrogens is 330 g/mol. The second-order valence-electron chi connectivity index (χ2n) is 6.62. The van der Waals surface area contributed by atoms with Crippen molar-refractivity contribution in [1.29, 1.82) is 0 Å². The van der Waals surface area contributed by atoms with Gasteiger partial charge < -0.3 is 15.0 Å². The van der Waals surface area contributed by atoms with E-state index in [-0.39, 0.29) is 5.91 Å². The Morgan fingerprint density at radius 1 is 1.27 bits per heavy atom. The standard InChI is InChI=1S/C20H23N3O3/c1-14-6-5-9-23(13-14)16-10-15(11-21-12-16)19(24)22-18-8-4-3-7-17(18)20(25)26-2/h3-4,7-8,10-12,14H,5-6,9,13H2,1-2H3,(H,22,24). The molecule has 1 aliphatic rings. The van der Waals surface area contributed by atoms with Crippen LogP contribution in [0, 0.1) is 5.92 Å². The van der Waals surface area contributed by atoms with Crippen LogP contribution in [-0.2, 0) is 4.74 Å². The number of esters is 1. The summed E-state index contributed by atoms with van der Waals surface area (Å²) in [5, 5.41) is 2.78. The van der Waals surface area contributed by atoms with E-state index < -0.39 is 5.97 Å². The van der Waals surface area contributed by atoms with Gasteiger partial charge in [-0.2, -0.15) is 0 Å². The lowest BCUT2D eigenvalue weighted by Gasteiger charge is -2.32. The smallest absolute Gasteiger partial charge is 0.339 e. The van der Waals surface area contributed by atoms with Crippen LogP contribution in [0.2, 0.25) is 0 Å². The Bertz CT molecular complexity index is 806. The van der Waals surface area contributed by atoms with Gasteiger partial charge in [0.05, 0.1) is 35.8 Å². The Morgan fingerprint density at radius 2 is 2.08 bits per heavy atom. The average molecular weight is 353 g/mol. The van der Waals surface area contributed by atoms with Crippen LogP contribution in [0.5, 0.6) is 0 Å². The minimum absolute atomic E-state index is 0.305. The quantitative estimate of drug-likeness (QED) is 0.854. The number of anilines is 2. The Balaban J connectivity index is 1.79. The number of methoxy groups -OCH3 is 1. The first-order valence-electron chi connectivity index (χ1n) is 8.77. The number of hydrogen-bond donors (Lipinski definition) is 1. The molecule has 6 nitrogen and oxygen atoms in total. The van der Waals surface area contributed by atoms with Crippen molar-refractivity contribution in [3.63, 3.8) is 0 Å². The van der Waals surface area contributed by atoms with Crippen LogP contribution in [-0.4, -0.2) is 37.1 Å². The molecule has 2 heterocycles. The van der Waals surface area contributed by atoms with Crippen molar-refractivity contribution in [3.05, 3.63) is 53.9 Å². The SMILES string of the molecule is COC(=O)c1ccccc1NC(=O)c1cncc(N2CCCC(C)C2)c1. The Morgan fingerprint density at radius 3 is 2.85 bits per heavy atom. The predicted molar refractivity (Wildman–Crippen MR) is 101 cm³/mol. The summed E-state index contributed by atoms with van der Waals surface area (Å²) < 4.78 is 4.76. The predicted octanol–water partition coefficient (Wildman–Crippen LogP) is 3.36. The first-order chi connectivity index (χ1) is 12.6. The molecule has 136 valence electrons. The molecule has 1 unspecified atom stereocenters. The fourth-order valence-electron chi connectivity index (χ4n) is 3.22. The van der Waals surface area contributed by atoms with Crippen molar-refractivity contribution in [2.45, 2.75) is 19.8 Å². The van der Waals surface area contributed by atoms with E-state index in [1.807, 2.05) is 6.07 Å². The van der Waals surface area contributed by atoms with E-state index in [0.717, 1.165) is 25.2 Å². The summed E-state index contributed by atoms with van der Waals surface area (Å²) in [6.45, 7) is 4.18. The molecule has 1 saturated heterocycles. The third-order valence-corrected chi connectivity index (χ3v) is 4.59. The van der Waals surface area contributed by atoms with Crippen LogP contribution < -0.4 is 10.2 Å². The van der Waals surface area contributed by atoms with Crippen LogP contribution in [0.4, 0.5) is 11.4 Å². The monoisotopic (exact) mass is 353 g/mol. The van der Waals surface area contributed by atoms with Crippen molar-refractivity contribution >= 4 is 23.3 Å². The summed E-state index contributed by atoms with van der Waals surface area (Å²) in [5.74, 6) is -0.163. The Labute approximate surface area is 153 Å².